The van der Waals surface area contributed by atoms with Gasteiger partial charge < -0.3 is 20.6 Å². The van der Waals surface area contributed by atoms with Gasteiger partial charge in [0.2, 0.25) is 5.91 Å². The zero-order valence-corrected chi connectivity index (χ0v) is 21.4. The van der Waals surface area contributed by atoms with Crippen molar-refractivity contribution in [2.24, 2.45) is 0 Å². The fourth-order valence-electron chi connectivity index (χ4n) is 4.85. The molecule has 5 rings (SSSR count). The van der Waals surface area contributed by atoms with Crippen LogP contribution < -0.4 is 15.5 Å². The van der Waals surface area contributed by atoms with Gasteiger partial charge in [-0.05, 0) is 65.9 Å². The minimum Gasteiger partial charge on any atom is -0.383 e. The molecule has 7 nitrogen and oxygen atoms in total. The molecule has 3 N–H and O–H groups in total. The van der Waals surface area contributed by atoms with Crippen molar-refractivity contribution in [2.75, 3.05) is 28.6 Å². The van der Waals surface area contributed by atoms with Crippen LogP contribution in [0.4, 0.5) is 30.4 Å². The van der Waals surface area contributed by atoms with E-state index >= 15 is 0 Å². The maximum atomic E-state index is 13.2. The Morgan fingerprint density at radius 2 is 1.82 bits per heavy atom. The maximum absolute atomic E-state index is 13.2. The summed E-state index contributed by atoms with van der Waals surface area (Å²) in [6, 6.07) is 13.6. The first-order chi connectivity index (χ1) is 19.2. The molecule has 0 spiro atoms. The summed E-state index contributed by atoms with van der Waals surface area (Å²) in [5.74, 6) is -0.159. The average Bonchev–Trinajstić information content (AvgIpc) is 3.47. The molecule has 40 heavy (non-hydrogen) atoms. The molecular formula is C30H27F3N4O3. The molecule has 0 saturated carbocycles. The van der Waals surface area contributed by atoms with Gasteiger partial charge in [-0.25, -0.2) is 4.98 Å². The smallest absolute Gasteiger partial charge is 0.383 e. The Labute approximate surface area is 229 Å². The number of halogens is 3. The molecule has 2 aliphatic rings. The molecule has 1 saturated heterocycles. The number of aromatic nitrogens is 1. The summed E-state index contributed by atoms with van der Waals surface area (Å²) in [7, 11) is 0. The van der Waals surface area contributed by atoms with Gasteiger partial charge in [0.1, 0.15) is 11.9 Å². The predicted octanol–water partition coefficient (Wildman–Crippen LogP) is 5.18. The van der Waals surface area contributed by atoms with Crippen LogP contribution in [0.1, 0.15) is 35.1 Å². The lowest BCUT2D eigenvalue weighted by Gasteiger charge is -2.23. The maximum Gasteiger partial charge on any atom is 0.416 e. The Morgan fingerprint density at radius 3 is 2.55 bits per heavy atom. The van der Waals surface area contributed by atoms with Crippen molar-refractivity contribution in [1.29, 1.82) is 0 Å². The highest BCUT2D eigenvalue weighted by Gasteiger charge is 2.30. The fraction of sp³-hybridized carbons (Fsp3) is 0.233. The van der Waals surface area contributed by atoms with Gasteiger partial charge in [0.15, 0.2) is 0 Å². The van der Waals surface area contributed by atoms with Crippen molar-refractivity contribution in [3.05, 3.63) is 101 Å². The summed E-state index contributed by atoms with van der Waals surface area (Å²) in [4.78, 5) is 31.2. The standard InChI is InChI=1S/C30H27F3N4O3/c31-30(32,33)21-11-9-19(10-12-21)22(20-13-14-34-27(17-20)37-15-1-2-16-37)5-3-8-28(39)35-24-6-4-7-25-23(24)18-26(38)29(40)36-25/h3-14,17,26,38H,1-2,15-16,18H2,(H,35,39)(H,36,40). The fourth-order valence-corrected chi connectivity index (χ4v) is 4.85. The first kappa shape index (κ1) is 27.1. The molecule has 2 aromatic carbocycles. The van der Waals surface area contributed by atoms with Crippen molar-refractivity contribution in [3.63, 3.8) is 0 Å². The normalized spacial score (nSPS) is 17.6. The molecule has 3 aromatic rings. The molecular weight excluding hydrogens is 521 g/mol. The van der Waals surface area contributed by atoms with Gasteiger partial charge >= 0.3 is 6.18 Å². The number of hydrogen-bond acceptors (Lipinski definition) is 5. The number of fused-ring (bicyclic) bond motifs is 1. The van der Waals surface area contributed by atoms with E-state index in [2.05, 4.69) is 20.5 Å². The number of nitrogens with zero attached hydrogens (tertiary/aromatic N) is 2. The van der Waals surface area contributed by atoms with Crippen LogP contribution in [0.25, 0.3) is 5.57 Å². The van der Waals surface area contributed by atoms with Gasteiger partial charge in [-0.2, -0.15) is 13.2 Å². The van der Waals surface area contributed by atoms with Gasteiger partial charge in [0.25, 0.3) is 5.91 Å². The average molecular weight is 549 g/mol. The topological polar surface area (TPSA) is 94.6 Å². The molecule has 206 valence electrons. The van der Waals surface area contributed by atoms with Crippen LogP contribution in [0.15, 0.2) is 79.0 Å². The Morgan fingerprint density at radius 1 is 1.07 bits per heavy atom. The van der Waals surface area contributed by atoms with E-state index in [1.165, 1.54) is 24.3 Å². The number of aliphatic hydroxyl groups is 1. The number of nitrogens with one attached hydrogen (secondary N) is 2. The van der Waals surface area contributed by atoms with Crippen molar-refractivity contribution in [2.45, 2.75) is 31.5 Å². The van der Waals surface area contributed by atoms with Crippen LogP contribution >= 0.6 is 0 Å². The third kappa shape index (κ3) is 6.07. The molecule has 0 radical (unpaired) electrons. The highest BCUT2D eigenvalue weighted by Crippen LogP contribution is 2.33. The molecule has 2 amide bonds. The van der Waals surface area contributed by atoms with Gasteiger partial charge in [-0.1, -0.05) is 30.4 Å². The Balaban J connectivity index is 1.42. The molecule has 2 aliphatic heterocycles. The van der Waals surface area contributed by atoms with Gasteiger partial charge in [0.05, 0.1) is 5.56 Å². The van der Waals surface area contributed by atoms with E-state index in [0.29, 0.717) is 28.1 Å². The van der Waals surface area contributed by atoms with Crippen molar-refractivity contribution >= 4 is 34.6 Å². The lowest BCUT2D eigenvalue weighted by Crippen LogP contribution is -2.34. The van der Waals surface area contributed by atoms with E-state index in [4.69, 9.17) is 0 Å². The summed E-state index contributed by atoms with van der Waals surface area (Å²) in [6.45, 7) is 1.78. The van der Waals surface area contributed by atoms with Crippen LogP contribution in [0.5, 0.6) is 0 Å². The van der Waals surface area contributed by atoms with Gasteiger partial charge in [0, 0.05) is 48.7 Å². The zero-order valence-electron chi connectivity index (χ0n) is 21.4. The Bertz CT molecular complexity index is 1480. The number of pyridine rings is 1. The number of anilines is 3. The number of carbonyl (C=O) groups excluding carboxylic acids is 2. The first-order valence-electron chi connectivity index (χ1n) is 12.9. The molecule has 1 atom stereocenters. The minimum absolute atomic E-state index is 0.0701. The van der Waals surface area contributed by atoms with Crippen LogP contribution in [-0.2, 0) is 22.2 Å². The SMILES string of the molecule is O=C(C=CC=C(c1ccc(C(F)(F)F)cc1)c1ccnc(N2CCCC2)c1)Nc1cccc2c1CC(O)C(=O)N2. The summed E-state index contributed by atoms with van der Waals surface area (Å²) in [6.07, 6.45) is 2.74. The number of hydrogen-bond donors (Lipinski definition) is 3. The molecule has 1 fully saturated rings. The number of alkyl halides is 3. The molecule has 1 unspecified atom stereocenters. The van der Waals surface area contributed by atoms with E-state index in [-0.39, 0.29) is 6.42 Å². The molecule has 1 aromatic heterocycles. The van der Waals surface area contributed by atoms with Crippen LogP contribution in [0.2, 0.25) is 0 Å². The zero-order chi connectivity index (χ0) is 28.3. The highest BCUT2D eigenvalue weighted by atomic mass is 19.4. The number of benzene rings is 2. The van der Waals surface area contributed by atoms with E-state index < -0.39 is 29.7 Å². The number of amides is 2. The second kappa shape index (κ2) is 11.4. The van der Waals surface area contributed by atoms with Crippen LogP contribution in [0, 0.1) is 0 Å². The second-order valence-electron chi connectivity index (χ2n) is 9.64. The van der Waals surface area contributed by atoms with Gasteiger partial charge in [-0.3, -0.25) is 9.59 Å². The van der Waals surface area contributed by atoms with Crippen molar-refractivity contribution < 1.29 is 27.9 Å². The van der Waals surface area contributed by atoms with Gasteiger partial charge in [-0.15, -0.1) is 0 Å². The Hall–Kier alpha value is -4.44. The summed E-state index contributed by atoms with van der Waals surface area (Å²) in [5.41, 5.74) is 2.79. The highest BCUT2D eigenvalue weighted by molar-refractivity contribution is 6.03. The lowest BCUT2D eigenvalue weighted by molar-refractivity contribution is -0.137. The molecule has 10 heteroatoms. The Kier molecular flexibility index (Phi) is 7.70. The molecule has 0 bridgehead atoms. The van der Waals surface area contributed by atoms with Crippen molar-refractivity contribution in [3.8, 4) is 0 Å². The monoisotopic (exact) mass is 548 g/mol. The molecule has 3 heterocycles. The number of allylic oxidation sites excluding steroid dienone is 2. The third-order valence-electron chi connectivity index (χ3n) is 6.91. The predicted molar refractivity (Wildman–Crippen MR) is 147 cm³/mol. The lowest BCUT2D eigenvalue weighted by atomic mass is 9.97. The summed E-state index contributed by atoms with van der Waals surface area (Å²) < 4.78 is 39.5. The first-order valence-corrected chi connectivity index (χ1v) is 12.9. The third-order valence-corrected chi connectivity index (χ3v) is 6.91. The number of aliphatic hydroxyl groups excluding tert-OH is 1. The summed E-state index contributed by atoms with van der Waals surface area (Å²) in [5, 5.41) is 15.3. The number of rotatable bonds is 6. The molecule has 0 aliphatic carbocycles. The van der Waals surface area contributed by atoms with Crippen LogP contribution in [-0.4, -0.2) is 41.1 Å². The van der Waals surface area contributed by atoms with E-state index in [9.17, 15) is 27.9 Å². The van der Waals surface area contributed by atoms with Crippen LogP contribution in [0.3, 0.4) is 0 Å². The second-order valence-corrected chi connectivity index (χ2v) is 9.64. The number of carbonyl (C=O) groups is 2. The quantitative estimate of drug-likeness (QED) is 0.292. The van der Waals surface area contributed by atoms with Crippen molar-refractivity contribution in [1.82, 2.24) is 4.98 Å². The van der Waals surface area contributed by atoms with E-state index in [0.717, 1.165) is 49.4 Å². The minimum atomic E-state index is -4.45. The largest absolute Gasteiger partial charge is 0.416 e. The summed E-state index contributed by atoms with van der Waals surface area (Å²) >= 11 is 0. The van der Waals surface area contributed by atoms with E-state index in [1.54, 1.807) is 36.5 Å². The van der Waals surface area contributed by atoms with E-state index in [1.807, 2.05) is 6.07 Å².